The number of fused-ring (bicyclic) bond motifs is 1. The highest BCUT2D eigenvalue weighted by Gasteiger charge is 2.57. The number of hydrogen-bond donors (Lipinski definition) is 0. The number of ether oxygens (including phenoxy) is 4. The van der Waals surface area contributed by atoms with Gasteiger partial charge in [-0.2, -0.15) is 0 Å². The molecule has 0 aliphatic carbocycles. The zero-order valence-corrected chi connectivity index (χ0v) is 16.1. The summed E-state index contributed by atoms with van der Waals surface area (Å²) in [7, 11) is -2.17. The van der Waals surface area contributed by atoms with Crippen LogP contribution in [0.3, 0.4) is 0 Å². The zero-order valence-electron chi connectivity index (χ0n) is 15.2. The minimum absolute atomic E-state index is 0.177. The van der Waals surface area contributed by atoms with E-state index in [9.17, 15) is 13.2 Å². The molecule has 0 aromatic heterocycles. The fourth-order valence-corrected chi connectivity index (χ4v) is 4.94. The molecule has 144 valence electrons. The first kappa shape index (κ1) is 19.4. The van der Waals surface area contributed by atoms with Gasteiger partial charge in [0.25, 0.3) is 0 Å². The van der Waals surface area contributed by atoms with Crippen molar-refractivity contribution in [1.82, 2.24) is 0 Å². The van der Waals surface area contributed by atoms with Crippen molar-refractivity contribution in [2.24, 2.45) is 5.92 Å². The van der Waals surface area contributed by atoms with Crippen molar-refractivity contribution in [3.8, 4) is 0 Å². The number of methoxy groups -OCH3 is 1. The van der Waals surface area contributed by atoms with Crippen LogP contribution in [-0.2, 0) is 33.6 Å². The minimum atomic E-state index is -3.65. The molecule has 2 fully saturated rings. The van der Waals surface area contributed by atoms with Crippen LogP contribution in [0, 0.1) is 12.8 Å². The zero-order chi connectivity index (χ0) is 19.1. The molecule has 5 atom stereocenters. The number of benzene rings is 1. The maximum Gasteiger partial charge on any atom is 0.190 e. The Kier molecular flexibility index (Phi) is 5.24. The van der Waals surface area contributed by atoms with Crippen LogP contribution in [0.4, 0.5) is 0 Å². The summed E-state index contributed by atoms with van der Waals surface area (Å²) in [5.74, 6) is -2.08. The van der Waals surface area contributed by atoms with Crippen molar-refractivity contribution in [1.29, 1.82) is 0 Å². The van der Waals surface area contributed by atoms with E-state index in [0.29, 0.717) is 6.29 Å². The Morgan fingerprint density at radius 1 is 1.23 bits per heavy atom. The van der Waals surface area contributed by atoms with Gasteiger partial charge in [-0.15, -0.1) is 0 Å². The SMILES string of the molecule is CO[C@@H]1[C@H]2OC(C)(C)O[C@H]2O[C@@H]1C(C=O)CS(=O)(=O)c1ccc(C)cc1. The lowest BCUT2D eigenvalue weighted by molar-refractivity contribution is -0.220. The van der Waals surface area contributed by atoms with E-state index in [1.807, 2.05) is 6.92 Å². The molecule has 7 nitrogen and oxygen atoms in total. The first-order valence-corrected chi connectivity index (χ1v) is 10.1. The first-order chi connectivity index (χ1) is 12.2. The van der Waals surface area contributed by atoms with Gasteiger partial charge >= 0.3 is 0 Å². The lowest BCUT2D eigenvalue weighted by atomic mass is 9.99. The molecule has 1 unspecified atom stereocenters. The van der Waals surface area contributed by atoms with E-state index < -0.39 is 46.1 Å². The van der Waals surface area contributed by atoms with Gasteiger partial charge in [0.1, 0.15) is 24.6 Å². The van der Waals surface area contributed by atoms with Gasteiger partial charge in [0, 0.05) is 7.11 Å². The van der Waals surface area contributed by atoms with E-state index in [2.05, 4.69) is 0 Å². The smallest absolute Gasteiger partial charge is 0.190 e. The Labute approximate surface area is 153 Å². The molecule has 2 heterocycles. The van der Waals surface area contributed by atoms with Gasteiger partial charge in [0.15, 0.2) is 21.9 Å². The van der Waals surface area contributed by atoms with Gasteiger partial charge in [-0.3, -0.25) is 0 Å². The molecule has 3 rings (SSSR count). The molecular formula is C18H24O7S. The van der Waals surface area contributed by atoms with Crippen molar-refractivity contribution in [3.63, 3.8) is 0 Å². The maximum absolute atomic E-state index is 12.7. The fraction of sp³-hybridized carbons (Fsp3) is 0.611. The Morgan fingerprint density at radius 3 is 2.46 bits per heavy atom. The largest absolute Gasteiger partial charge is 0.376 e. The average molecular weight is 384 g/mol. The number of rotatable bonds is 6. The minimum Gasteiger partial charge on any atom is -0.376 e. The number of carbonyl (C=O) groups excluding carboxylic acids is 1. The van der Waals surface area contributed by atoms with Crippen LogP contribution < -0.4 is 0 Å². The third-order valence-corrected chi connectivity index (χ3v) is 6.50. The molecule has 0 bridgehead atoms. The van der Waals surface area contributed by atoms with E-state index >= 15 is 0 Å². The Bertz CT molecular complexity index is 756. The predicted octanol–water partition coefficient (Wildman–Crippen LogP) is 1.48. The summed E-state index contributed by atoms with van der Waals surface area (Å²) in [4.78, 5) is 11.9. The van der Waals surface area contributed by atoms with Crippen molar-refractivity contribution in [2.75, 3.05) is 12.9 Å². The third-order valence-electron chi connectivity index (χ3n) is 4.69. The third kappa shape index (κ3) is 3.70. The second-order valence-electron chi connectivity index (χ2n) is 7.16. The molecule has 0 spiro atoms. The van der Waals surface area contributed by atoms with Crippen molar-refractivity contribution in [3.05, 3.63) is 29.8 Å². The molecule has 0 N–H and O–H groups in total. The van der Waals surface area contributed by atoms with Crippen LogP contribution >= 0.6 is 0 Å². The predicted molar refractivity (Wildman–Crippen MR) is 92.3 cm³/mol. The van der Waals surface area contributed by atoms with Gasteiger partial charge in [-0.25, -0.2) is 8.42 Å². The number of carbonyl (C=O) groups is 1. The molecular weight excluding hydrogens is 360 g/mol. The van der Waals surface area contributed by atoms with Crippen molar-refractivity contribution < 1.29 is 32.2 Å². The second kappa shape index (κ2) is 7.01. The molecule has 1 aromatic rings. The first-order valence-electron chi connectivity index (χ1n) is 8.45. The van der Waals surface area contributed by atoms with Crippen LogP contribution in [0.25, 0.3) is 0 Å². The van der Waals surface area contributed by atoms with Gasteiger partial charge in [0.2, 0.25) is 0 Å². The topological polar surface area (TPSA) is 88.1 Å². The van der Waals surface area contributed by atoms with Gasteiger partial charge in [-0.05, 0) is 32.9 Å². The monoisotopic (exact) mass is 384 g/mol. The molecule has 0 radical (unpaired) electrons. The van der Waals surface area contributed by atoms with E-state index in [-0.39, 0.29) is 10.6 Å². The molecule has 1 aromatic carbocycles. The van der Waals surface area contributed by atoms with E-state index in [1.54, 1.807) is 38.1 Å². The Morgan fingerprint density at radius 2 is 1.88 bits per heavy atom. The lowest BCUT2D eigenvalue weighted by Crippen LogP contribution is -2.42. The molecule has 0 saturated carbocycles. The highest BCUT2D eigenvalue weighted by atomic mass is 32.2. The van der Waals surface area contributed by atoms with Gasteiger partial charge in [-0.1, -0.05) is 17.7 Å². The van der Waals surface area contributed by atoms with Crippen molar-refractivity contribution >= 4 is 16.1 Å². The maximum atomic E-state index is 12.7. The fourth-order valence-electron chi connectivity index (χ4n) is 3.42. The molecule has 2 aliphatic heterocycles. The Balaban J connectivity index is 1.79. The normalized spacial score (nSPS) is 31.5. The molecule has 2 aliphatic rings. The number of aldehydes is 1. The summed E-state index contributed by atoms with van der Waals surface area (Å²) in [5, 5.41) is 0. The summed E-state index contributed by atoms with van der Waals surface area (Å²) < 4.78 is 48.1. The number of hydrogen-bond acceptors (Lipinski definition) is 7. The van der Waals surface area contributed by atoms with E-state index in [1.165, 1.54) is 7.11 Å². The summed E-state index contributed by atoms with van der Waals surface area (Å²) in [6, 6.07) is 6.53. The lowest BCUT2D eigenvalue weighted by Gasteiger charge is -2.27. The van der Waals surface area contributed by atoms with Crippen LogP contribution in [-0.4, -0.2) is 58.0 Å². The summed E-state index contributed by atoms with van der Waals surface area (Å²) in [5.41, 5.74) is 0.958. The molecule has 26 heavy (non-hydrogen) atoms. The van der Waals surface area contributed by atoms with Crippen LogP contribution in [0.5, 0.6) is 0 Å². The van der Waals surface area contributed by atoms with E-state index in [4.69, 9.17) is 18.9 Å². The highest BCUT2D eigenvalue weighted by Crippen LogP contribution is 2.40. The Hall–Kier alpha value is -1.32. The van der Waals surface area contributed by atoms with Crippen LogP contribution in [0.15, 0.2) is 29.2 Å². The molecule has 2 saturated heterocycles. The molecule has 0 amide bonds. The van der Waals surface area contributed by atoms with Gasteiger partial charge < -0.3 is 23.7 Å². The second-order valence-corrected chi connectivity index (χ2v) is 9.20. The number of aryl methyl sites for hydroxylation is 1. The van der Waals surface area contributed by atoms with Gasteiger partial charge in [0.05, 0.1) is 16.6 Å². The quantitative estimate of drug-likeness (QED) is 0.686. The number of sulfone groups is 1. The highest BCUT2D eigenvalue weighted by molar-refractivity contribution is 7.91. The van der Waals surface area contributed by atoms with E-state index in [0.717, 1.165) is 5.56 Å². The van der Waals surface area contributed by atoms with Crippen LogP contribution in [0.1, 0.15) is 19.4 Å². The summed E-state index contributed by atoms with van der Waals surface area (Å²) in [6.45, 7) is 5.39. The standard InChI is InChI=1S/C18H24O7S/c1-11-5-7-13(8-6-11)26(20,21)10-12(9-19)14-15(22-4)16-17(23-14)25-18(2,3)24-16/h5-9,12,14-17H,10H2,1-4H3/t12?,14-,15+,16-,17-/m1/s1. The van der Waals surface area contributed by atoms with Crippen LogP contribution in [0.2, 0.25) is 0 Å². The average Bonchev–Trinajstić information content (AvgIpc) is 3.04. The molecule has 8 heteroatoms. The van der Waals surface area contributed by atoms with Crippen molar-refractivity contribution in [2.45, 2.75) is 56.1 Å². The summed E-state index contributed by atoms with van der Waals surface area (Å²) in [6.07, 6.45) is -1.95. The summed E-state index contributed by atoms with van der Waals surface area (Å²) >= 11 is 0.